The molecule has 0 spiro atoms. The van der Waals surface area contributed by atoms with Crippen molar-refractivity contribution in [3.8, 4) is 0 Å². The lowest BCUT2D eigenvalue weighted by Crippen LogP contribution is -2.50. The molecule has 0 radical (unpaired) electrons. The molecule has 2 heterocycles. The first-order chi connectivity index (χ1) is 13.9. The molecule has 0 bridgehead atoms. The monoisotopic (exact) mass is 450 g/mol. The molecule has 29 heavy (non-hydrogen) atoms. The number of carbonyl (C=O) groups is 1. The number of amides is 1. The number of anilines is 1. The van der Waals surface area contributed by atoms with Gasteiger partial charge in [-0.1, -0.05) is 41.9 Å². The molecule has 0 fully saturated rings. The number of carbonyl (C=O) groups excluding carboxylic acids is 1. The van der Waals surface area contributed by atoms with Gasteiger partial charge in [0.15, 0.2) is 0 Å². The number of fused-ring (bicyclic) bond motifs is 1. The lowest BCUT2D eigenvalue weighted by Gasteiger charge is -2.34. The molecule has 9 heteroatoms. The summed E-state index contributed by atoms with van der Waals surface area (Å²) < 4.78 is 41.1. The SMILES string of the molecule is O=C(Nc1ccc(F)cc1Cl)[C@@H]1Cc2ccccc2CN1S(=O)(=O)c1cccs1. The van der Waals surface area contributed by atoms with Crippen molar-refractivity contribution in [2.75, 3.05) is 5.32 Å². The van der Waals surface area contributed by atoms with E-state index in [-0.39, 0.29) is 27.9 Å². The maximum absolute atomic E-state index is 13.3. The number of nitrogens with one attached hydrogen (secondary N) is 1. The molecule has 3 aromatic rings. The molecule has 0 aliphatic carbocycles. The normalized spacial score (nSPS) is 17.0. The van der Waals surface area contributed by atoms with Crippen molar-refractivity contribution >= 4 is 44.6 Å². The van der Waals surface area contributed by atoms with Crippen LogP contribution in [-0.2, 0) is 27.8 Å². The quantitative estimate of drug-likeness (QED) is 0.644. The Morgan fingerprint density at radius 1 is 1.14 bits per heavy atom. The molecular weight excluding hydrogens is 435 g/mol. The molecule has 2 aromatic carbocycles. The van der Waals surface area contributed by atoms with Crippen LogP contribution in [0.4, 0.5) is 10.1 Å². The largest absolute Gasteiger partial charge is 0.323 e. The molecule has 1 aliphatic rings. The first kappa shape index (κ1) is 20.0. The number of thiophene rings is 1. The zero-order valence-corrected chi connectivity index (χ0v) is 17.4. The summed E-state index contributed by atoms with van der Waals surface area (Å²) in [5.74, 6) is -1.05. The van der Waals surface area contributed by atoms with Crippen LogP contribution < -0.4 is 5.32 Å². The van der Waals surface area contributed by atoms with E-state index >= 15 is 0 Å². The third-order valence-corrected chi connectivity index (χ3v) is 8.30. The fourth-order valence-electron chi connectivity index (χ4n) is 3.31. The minimum absolute atomic E-state index is 0.0437. The van der Waals surface area contributed by atoms with Gasteiger partial charge in [-0.05, 0) is 47.2 Å². The zero-order valence-electron chi connectivity index (χ0n) is 15.0. The number of sulfonamides is 1. The number of rotatable bonds is 4. The summed E-state index contributed by atoms with van der Waals surface area (Å²) in [5.41, 5.74) is 2.00. The molecule has 1 aliphatic heterocycles. The second-order valence-electron chi connectivity index (χ2n) is 6.58. The summed E-state index contributed by atoms with van der Waals surface area (Å²) in [6.45, 7) is 0.0889. The van der Waals surface area contributed by atoms with Gasteiger partial charge < -0.3 is 5.32 Å². The van der Waals surface area contributed by atoms with Crippen LogP contribution in [0.15, 0.2) is 64.2 Å². The predicted molar refractivity (Wildman–Crippen MR) is 111 cm³/mol. The summed E-state index contributed by atoms with van der Waals surface area (Å²) in [7, 11) is -3.87. The van der Waals surface area contributed by atoms with Gasteiger partial charge in [0.05, 0.1) is 10.7 Å². The van der Waals surface area contributed by atoms with E-state index in [0.29, 0.717) is 0 Å². The first-order valence-corrected chi connectivity index (χ1v) is 11.4. The fourth-order valence-corrected chi connectivity index (χ4v) is 6.21. The van der Waals surface area contributed by atoms with Crippen LogP contribution >= 0.6 is 22.9 Å². The summed E-state index contributed by atoms with van der Waals surface area (Å²) in [6.07, 6.45) is 0.228. The van der Waals surface area contributed by atoms with Gasteiger partial charge in [-0.15, -0.1) is 11.3 Å². The van der Waals surface area contributed by atoms with Crippen LogP contribution in [0.2, 0.25) is 5.02 Å². The Morgan fingerprint density at radius 3 is 2.59 bits per heavy atom. The van der Waals surface area contributed by atoms with Crippen LogP contribution in [-0.4, -0.2) is 24.7 Å². The minimum atomic E-state index is -3.87. The molecule has 0 saturated heterocycles. The van der Waals surface area contributed by atoms with Crippen molar-refractivity contribution < 1.29 is 17.6 Å². The van der Waals surface area contributed by atoms with Gasteiger partial charge in [0, 0.05) is 6.54 Å². The van der Waals surface area contributed by atoms with Crippen LogP contribution in [0.5, 0.6) is 0 Å². The van der Waals surface area contributed by atoms with Gasteiger partial charge >= 0.3 is 0 Å². The Bertz CT molecular complexity index is 1170. The summed E-state index contributed by atoms with van der Waals surface area (Å²) >= 11 is 7.12. The van der Waals surface area contributed by atoms with Crippen LogP contribution in [0.3, 0.4) is 0 Å². The van der Waals surface area contributed by atoms with E-state index in [4.69, 9.17) is 11.6 Å². The number of hydrogen-bond acceptors (Lipinski definition) is 4. The maximum Gasteiger partial charge on any atom is 0.253 e. The van der Waals surface area contributed by atoms with E-state index < -0.39 is 27.8 Å². The fraction of sp³-hybridized carbons (Fsp3) is 0.150. The van der Waals surface area contributed by atoms with Crippen LogP contribution in [0.1, 0.15) is 11.1 Å². The highest BCUT2D eigenvalue weighted by molar-refractivity contribution is 7.91. The second kappa shape index (κ2) is 7.87. The molecule has 4 rings (SSSR count). The Hall–Kier alpha value is -2.26. The Morgan fingerprint density at radius 2 is 1.90 bits per heavy atom. The number of nitrogens with zero attached hydrogens (tertiary/aromatic N) is 1. The molecule has 1 N–H and O–H groups in total. The molecule has 0 saturated carbocycles. The average Bonchev–Trinajstić information content (AvgIpc) is 3.25. The average molecular weight is 451 g/mol. The van der Waals surface area contributed by atoms with E-state index in [0.717, 1.165) is 28.5 Å². The number of hydrogen-bond donors (Lipinski definition) is 1. The van der Waals surface area contributed by atoms with Gasteiger partial charge in [0.1, 0.15) is 16.1 Å². The molecular formula is C20H16ClFN2O3S2. The van der Waals surface area contributed by atoms with Crippen LogP contribution in [0.25, 0.3) is 0 Å². The standard InChI is InChI=1S/C20H16ClFN2O3S2/c21-16-11-15(22)7-8-17(16)23-20(25)18-10-13-4-1-2-5-14(13)12-24(18)29(26,27)19-6-3-9-28-19/h1-9,11,18H,10,12H2,(H,23,25)/t18-/m0/s1. The highest BCUT2D eigenvalue weighted by Crippen LogP contribution is 2.32. The number of benzene rings is 2. The summed E-state index contributed by atoms with van der Waals surface area (Å²) in [5, 5.41) is 4.37. The van der Waals surface area contributed by atoms with Gasteiger partial charge in [-0.25, -0.2) is 12.8 Å². The number of halogens is 2. The lowest BCUT2D eigenvalue weighted by molar-refractivity contribution is -0.120. The maximum atomic E-state index is 13.3. The third-order valence-electron chi connectivity index (χ3n) is 4.76. The Kier molecular flexibility index (Phi) is 5.44. The van der Waals surface area contributed by atoms with Crippen molar-refractivity contribution in [2.24, 2.45) is 0 Å². The smallest absolute Gasteiger partial charge is 0.253 e. The third kappa shape index (κ3) is 3.93. The van der Waals surface area contributed by atoms with Gasteiger partial charge in [-0.3, -0.25) is 4.79 Å². The molecule has 1 aromatic heterocycles. The van der Waals surface area contributed by atoms with Crippen molar-refractivity contribution in [1.29, 1.82) is 0 Å². The van der Waals surface area contributed by atoms with E-state index in [1.54, 1.807) is 11.4 Å². The topological polar surface area (TPSA) is 66.5 Å². The summed E-state index contributed by atoms with van der Waals surface area (Å²) in [6, 6.07) is 13.3. The molecule has 0 unspecified atom stereocenters. The molecule has 5 nitrogen and oxygen atoms in total. The van der Waals surface area contributed by atoms with Gasteiger partial charge in [0.2, 0.25) is 5.91 Å². The van der Waals surface area contributed by atoms with Crippen molar-refractivity contribution in [2.45, 2.75) is 23.2 Å². The Balaban J connectivity index is 1.71. The molecule has 1 atom stereocenters. The Labute approximate surface area is 176 Å². The predicted octanol–water partition coefficient (Wildman–Crippen LogP) is 4.29. The van der Waals surface area contributed by atoms with E-state index in [9.17, 15) is 17.6 Å². The highest BCUT2D eigenvalue weighted by Gasteiger charge is 2.40. The second-order valence-corrected chi connectivity index (χ2v) is 10.1. The van der Waals surface area contributed by atoms with E-state index in [1.807, 2.05) is 24.3 Å². The van der Waals surface area contributed by atoms with E-state index in [1.165, 1.54) is 22.5 Å². The summed E-state index contributed by atoms with van der Waals surface area (Å²) in [4.78, 5) is 13.1. The van der Waals surface area contributed by atoms with Gasteiger partial charge in [-0.2, -0.15) is 4.31 Å². The minimum Gasteiger partial charge on any atom is -0.323 e. The van der Waals surface area contributed by atoms with Gasteiger partial charge in [0.25, 0.3) is 10.0 Å². The molecule has 1 amide bonds. The van der Waals surface area contributed by atoms with Crippen LogP contribution in [0, 0.1) is 5.82 Å². The highest BCUT2D eigenvalue weighted by atomic mass is 35.5. The van der Waals surface area contributed by atoms with Crippen molar-refractivity contribution in [3.05, 3.63) is 81.9 Å². The van der Waals surface area contributed by atoms with Crippen molar-refractivity contribution in [3.63, 3.8) is 0 Å². The van der Waals surface area contributed by atoms with E-state index in [2.05, 4.69) is 5.32 Å². The lowest BCUT2D eigenvalue weighted by atomic mass is 9.95. The molecule has 150 valence electrons. The zero-order chi connectivity index (χ0) is 20.6. The van der Waals surface area contributed by atoms with Crippen molar-refractivity contribution in [1.82, 2.24) is 4.31 Å². The first-order valence-electron chi connectivity index (χ1n) is 8.74.